The van der Waals surface area contributed by atoms with Crippen molar-refractivity contribution in [1.82, 2.24) is 0 Å². The van der Waals surface area contributed by atoms with Gasteiger partial charge in [-0.3, -0.25) is 4.79 Å². The minimum Gasteiger partial charge on any atom is -0.481 e. The maximum Gasteiger partial charge on any atom is 0.430 e. The SMILES string of the molecule is Cc1cc(CC(=O)O)ccc1-c1ccc(C(C=C(N)C(F)(F)F)=Nc2ccccc2Cl)s1. The Morgan fingerprint density at radius 1 is 1.19 bits per heavy atom. The molecule has 3 aromatic rings. The fourth-order valence-corrected chi connectivity index (χ4v) is 4.20. The molecule has 0 aliphatic rings. The van der Waals surface area contributed by atoms with Crippen LogP contribution in [0.15, 0.2) is 71.4 Å². The maximum atomic E-state index is 13.1. The van der Waals surface area contributed by atoms with E-state index in [0.29, 0.717) is 21.2 Å². The van der Waals surface area contributed by atoms with Gasteiger partial charge < -0.3 is 10.8 Å². The van der Waals surface area contributed by atoms with Gasteiger partial charge >= 0.3 is 12.1 Å². The number of halogens is 4. The lowest BCUT2D eigenvalue weighted by molar-refractivity contribution is -0.136. The Balaban J connectivity index is 2.05. The Morgan fingerprint density at radius 3 is 2.53 bits per heavy atom. The summed E-state index contributed by atoms with van der Waals surface area (Å²) in [6, 6.07) is 15.3. The number of carboxylic acid groups (broad SMARTS) is 1. The van der Waals surface area contributed by atoms with Crippen molar-refractivity contribution in [3.63, 3.8) is 0 Å². The molecule has 1 heterocycles. The zero-order valence-corrected chi connectivity index (χ0v) is 18.4. The number of para-hydroxylation sites is 1. The van der Waals surface area contributed by atoms with Crippen LogP contribution in [-0.4, -0.2) is 23.0 Å². The molecule has 0 bridgehead atoms. The van der Waals surface area contributed by atoms with Crippen LogP contribution < -0.4 is 5.73 Å². The molecule has 0 unspecified atom stereocenters. The molecule has 0 amide bonds. The van der Waals surface area contributed by atoms with Gasteiger partial charge in [0.1, 0.15) is 5.70 Å². The number of nitrogens with two attached hydrogens (primary N) is 1. The molecule has 0 aliphatic heterocycles. The van der Waals surface area contributed by atoms with Crippen LogP contribution in [0.2, 0.25) is 5.02 Å². The van der Waals surface area contributed by atoms with Crippen LogP contribution in [0.3, 0.4) is 0 Å². The lowest BCUT2D eigenvalue weighted by Gasteiger charge is -2.08. The molecule has 166 valence electrons. The standard InChI is InChI=1S/C23H18ClF3N2O2S/c1-13-10-14(11-22(30)31)6-7-15(13)19-8-9-20(32-19)18(12-21(28)23(25,26)27)29-17-5-3-2-4-16(17)24/h2-10,12H,11,28H2,1H3,(H,30,31). The van der Waals surface area contributed by atoms with Gasteiger partial charge in [0, 0.05) is 4.88 Å². The second-order valence-corrected chi connectivity index (χ2v) is 8.42. The lowest BCUT2D eigenvalue weighted by atomic mass is 10.0. The van der Waals surface area contributed by atoms with E-state index in [4.69, 9.17) is 22.4 Å². The number of aryl methyl sites for hydroxylation is 1. The number of aliphatic carboxylic acids is 1. The third-order valence-electron chi connectivity index (χ3n) is 4.48. The normalized spacial score (nSPS) is 12.8. The van der Waals surface area contributed by atoms with Gasteiger partial charge in [-0.05, 0) is 54.0 Å². The monoisotopic (exact) mass is 478 g/mol. The Morgan fingerprint density at radius 2 is 1.91 bits per heavy atom. The molecule has 0 saturated heterocycles. The number of benzene rings is 2. The average Bonchev–Trinajstić information content (AvgIpc) is 3.17. The highest BCUT2D eigenvalue weighted by molar-refractivity contribution is 7.17. The highest BCUT2D eigenvalue weighted by atomic mass is 35.5. The fraction of sp³-hybridized carbons (Fsp3) is 0.130. The van der Waals surface area contributed by atoms with Crippen LogP contribution in [0.4, 0.5) is 18.9 Å². The molecule has 0 saturated carbocycles. The smallest absolute Gasteiger partial charge is 0.430 e. The summed E-state index contributed by atoms with van der Waals surface area (Å²) in [5, 5.41) is 9.26. The van der Waals surface area contributed by atoms with Gasteiger partial charge in [0.25, 0.3) is 0 Å². The zero-order valence-electron chi connectivity index (χ0n) is 16.8. The zero-order chi connectivity index (χ0) is 23.5. The first-order chi connectivity index (χ1) is 15.0. The average molecular weight is 479 g/mol. The second-order valence-electron chi connectivity index (χ2n) is 6.93. The molecular formula is C23H18ClF3N2O2S. The third-order valence-corrected chi connectivity index (χ3v) is 5.94. The van der Waals surface area contributed by atoms with E-state index in [0.717, 1.165) is 22.1 Å². The van der Waals surface area contributed by atoms with Crippen LogP contribution in [0.5, 0.6) is 0 Å². The number of carbonyl (C=O) groups is 1. The van der Waals surface area contributed by atoms with Gasteiger partial charge in [-0.15, -0.1) is 11.3 Å². The number of hydrogen-bond acceptors (Lipinski definition) is 4. The predicted octanol–water partition coefficient (Wildman–Crippen LogP) is 6.53. The van der Waals surface area contributed by atoms with E-state index in [1.54, 1.807) is 54.6 Å². The number of aliphatic imine (C=N–C) groups is 1. The van der Waals surface area contributed by atoms with Crippen molar-refractivity contribution in [3.8, 4) is 10.4 Å². The van der Waals surface area contributed by atoms with E-state index in [1.807, 2.05) is 6.92 Å². The second kappa shape index (κ2) is 9.58. The van der Waals surface area contributed by atoms with Crippen LogP contribution >= 0.6 is 22.9 Å². The van der Waals surface area contributed by atoms with E-state index in [-0.39, 0.29) is 12.1 Å². The molecular weight excluding hydrogens is 461 g/mol. The third kappa shape index (κ3) is 5.77. The van der Waals surface area contributed by atoms with Gasteiger partial charge in [0.15, 0.2) is 0 Å². The van der Waals surface area contributed by atoms with Crippen LogP contribution in [0.25, 0.3) is 10.4 Å². The number of thiophene rings is 1. The van der Waals surface area contributed by atoms with Gasteiger partial charge in [-0.25, -0.2) is 4.99 Å². The summed E-state index contributed by atoms with van der Waals surface area (Å²) < 4.78 is 39.2. The lowest BCUT2D eigenvalue weighted by Crippen LogP contribution is -2.20. The van der Waals surface area contributed by atoms with E-state index in [9.17, 15) is 18.0 Å². The number of alkyl halides is 3. The molecule has 0 atom stereocenters. The number of nitrogens with zero attached hydrogens (tertiary/aromatic N) is 1. The summed E-state index contributed by atoms with van der Waals surface area (Å²) in [5.74, 6) is -0.926. The molecule has 0 spiro atoms. The Kier molecular flexibility index (Phi) is 7.06. The van der Waals surface area contributed by atoms with E-state index >= 15 is 0 Å². The Hall–Kier alpha value is -3.10. The molecule has 0 radical (unpaired) electrons. The Labute approximate surface area is 191 Å². The summed E-state index contributed by atoms with van der Waals surface area (Å²) in [6.07, 6.45) is -3.99. The topological polar surface area (TPSA) is 75.7 Å². The molecule has 32 heavy (non-hydrogen) atoms. The van der Waals surface area contributed by atoms with Crippen molar-refractivity contribution in [3.05, 3.63) is 87.4 Å². The minimum atomic E-state index is -4.70. The molecule has 9 heteroatoms. The molecule has 0 fully saturated rings. The van der Waals surface area contributed by atoms with Crippen molar-refractivity contribution in [1.29, 1.82) is 0 Å². The van der Waals surface area contributed by atoms with Crippen LogP contribution in [0, 0.1) is 6.92 Å². The molecule has 0 aliphatic carbocycles. The number of hydrogen-bond donors (Lipinski definition) is 2. The van der Waals surface area contributed by atoms with Gasteiger partial charge in [-0.1, -0.05) is 41.9 Å². The number of rotatable bonds is 6. The van der Waals surface area contributed by atoms with Gasteiger partial charge in [0.05, 0.1) is 27.7 Å². The first-order valence-electron chi connectivity index (χ1n) is 9.34. The number of allylic oxidation sites excluding steroid dienone is 2. The van der Waals surface area contributed by atoms with Crippen molar-refractivity contribution in [2.75, 3.05) is 0 Å². The highest BCUT2D eigenvalue weighted by Gasteiger charge is 2.32. The van der Waals surface area contributed by atoms with Crippen molar-refractivity contribution in [2.24, 2.45) is 10.7 Å². The summed E-state index contributed by atoms with van der Waals surface area (Å²) in [7, 11) is 0. The van der Waals surface area contributed by atoms with E-state index < -0.39 is 17.8 Å². The molecule has 1 aromatic heterocycles. The maximum absolute atomic E-state index is 13.1. The highest BCUT2D eigenvalue weighted by Crippen LogP contribution is 2.34. The first kappa shape index (κ1) is 23.6. The molecule has 2 aromatic carbocycles. The molecule has 3 rings (SSSR count). The van der Waals surface area contributed by atoms with Crippen molar-refractivity contribution < 1.29 is 23.1 Å². The van der Waals surface area contributed by atoms with E-state index in [1.165, 1.54) is 11.3 Å². The summed E-state index contributed by atoms with van der Waals surface area (Å²) in [5.41, 5.74) is 6.70. The van der Waals surface area contributed by atoms with Crippen LogP contribution in [-0.2, 0) is 11.2 Å². The largest absolute Gasteiger partial charge is 0.481 e. The molecule has 4 nitrogen and oxygen atoms in total. The minimum absolute atomic E-state index is 0.0318. The Bertz CT molecular complexity index is 1220. The van der Waals surface area contributed by atoms with Gasteiger partial charge in [0.2, 0.25) is 0 Å². The predicted molar refractivity (Wildman–Crippen MR) is 122 cm³/mol. The van der Waals surface area contributed by atoms with Crippen molar-refractivity contribution in [2.45, 2.75) is 19.5 Å². The fourth-order valence-electron chi connectivity index (χ4n) is 2.97. The first-order valence-corrected chi connectivity index (χ1v) is 10.5. The van der Waals surface area contributed by atoms with Gasteiger partial charge in [-0.2, -0.15) is 13.2 Å². The summed E-state index contributed by atoms with van der Waals surface area (Å²) >= 11 is 7.38. The summed E-state index contributed by atoms with van der Waals surface area (Å²) in [6.45, 7) is 1.85. The number of carboxylic acids is 1. The quantitative estimate of drug-likeness (QED) is 0.395. The summed E-state index contributed by atoms with van der Waals surface area (Å²) in [4.78, 5) is 16.5. The molecule has 3 N–H and O–H groups in total. The van der Waals surface area contributed by atoms with Crippen molar-refractivity contribution >= 4 is 40.3 Å². The van der Waals surface area contributed by atoms with E-state index in [2.05, 4.69) is 4.99 Å². The van der Waals surface area contributed by atoms with Crippen LogP contribution in [0.1, 0.15) is 16.0 Å².